The van der Waals surface area contributed by atoms with Crippen molar-refractivity contribution in [2.45, 2.75) is 52.2 Å². The van der Waals surface area contributed by atoms with Crippen LogP contribution in [0.4, 0.5) is 5.82 Å². The molecule has 2 saturated heterocycles. The number of carbonyl (C=O) groups is 1. The molecule has 0 unspecified atom stereocenters. The molecule has 2 fully saturated rings. The smallest absolute Gasteiger partial charge is 0.272 e. The van der Waals surface area contributed by atoms with Gasteiger partial charge in [-0.25, -0.2) is 9.97 Å². The summed E-state index contributed by atoms with van der Waals surface area (Å²) in [5.41, 5.74) is 0.480. The van der Waals surface area contributed by atoms with Crippen molar-refractivity contribution in [3.05, 3.63) is 17.6 Å². The van der Waals surface area contributed by atoms with Gasteiger partial charge in [0.05, 0.1) is 13.2 Å². The maximum absolute atomic E-state index is 13.0. The van der Waals surface area contributed by atoms with Crippen LogP contribution in [0.15, 0.2) is 6.07 Å². The first-order valence-corrected chi connectivity index (χ1v) is 9.74. The lowest BCUT2D eigenvalue weighted by molar-refractivity contribution is -0.181. The predicted molar refractivity (Wildman–Crippen MR) is 99.3 cm³/mol. The van der Waals surface area contributed by atoms with E-state index in [1.807, 2.05) is 17.9 Å². The van der Waals surface area contributed by atoms with Crippen molar-refractivity contribution in [3.8, 4) is 0 Å². The summed E-state index contributed by atoms with van der Waals surface area (Å²) in [7, 11) is 0. The fourth-order valence-electron chi connectivity index (χ4n) is 3.70. The summed E-state index contributed by atoms with van der Waals surface area (Å²) in [5, 5.41) is 0. The second-order valence-corrected chi connectivity index (χ2v) is 7.05. The topological polar surface area (TPSA) is 67.8 Å². The van der Waals surface area contributed by atoms with Crippen LogP contribution in [-0.2, 0) is 9.47 Å². The average Bonchev–Trinajstić information content (AvgIpc) is 3.09. The van der Waals surface area contributed by atoms with Crippen LogP contribution in [0.25, 0.3) is 0 Å². The Morgan fingerprint density at radius 3 is 2.35 bits per heavy atom. The van der Waals surface area contributed by atoms with Gasteiger partial charge in [-0.05, 0) is 19.8 Å². The number of nitrogens with zero attached hydrogens (tertiary/aromatic N) is 4. The van der Waals surface area contributed by atoms with E-state index in [1.54, 1.807) is 0 Å². The van der Waals surface area contributed by atoms with E-state index in [1.165, 1.54) is 0 Å². The number of rotatable bonds is 6. The van der Waals surface area contributed by atoms with Crippen molar-refractivity contribution >= 4 is 11.7 Å². The molecule has 2 aliphatic heterocycles. The molecule has 0 bridgehead atoms. The van der Waals surface area contributed by atoms with Crippen molar-refractivity contribution in [1.82, 2.24) is 14.9 Å². The summed E-state index contributed by atoms with van der Waals surface area (Å²) in [6.45, 7) is 10.6. The van der Waals surface area contributed by atoms with Gasteiger partial charge in [0, 0.05) is 45.1 Å². The molecule has 26 heavy (non-hydrogen) atoms. The van der Waals surface area contributed by atoms with Crippen molar-refractivity contribution in [3.63, 3.8) is 0 Å². The van der Waals surface area contributed by atoms with Crippen LogP contribution < -0.4 is 4.90 Å². The average molecular weight is 362 g/mol. The van der Waals surface area contributed by atoms with Crippen molar-refractivity contribution < 1.29 is 14.3 Å². The molecular formula is C19H30N4O3. The van der Waals surface area contributed by atoms with Gasteiger partial charge >= 0.3 is 0 Å². The first-order valence-electron chi connectivity index (χ1n) is 9.74. The van der Waals surface area contributed by atoms with Gasteiger partial charge in [0.2, 0.25) is 0 Å². The first-order chi connectivity index (χ1) is 12.6. The first kappa shape index (κ1) is 19.0. The van der Waals surface area contributed by atoms with E-state index in [0.29, 0.717) is 50.7 Å². The highest BCUT2D eigenvalue weighted by Crippen LogP contribution is 2.31. The minimum atomic E-state index is -0.470. The predicted octanol–water partition coefficient (Wildman–Crippen LogP) is 2.39. The van der Waals surface area contributed by atoms with E-state index in [2.05, 4.69) is 28.7 Å². The highest BCUT2D eigenvalue weighted by Gasteiger charge is 2.41. The summed E-state index contributed by atoms with van der Waals surface area (Å²) in [6.07, 6.45) is 3.52. The molecule has 0 aliphatic carbocycles. The quantitative estimate of drug-likeness (QED) is 0.774. The third kappa shape index (κ3) is 4.15. The Morgan fingerprint density at radius 2 is 1.77 bits per heavy atom. The monoisotopic (exact) mass is 362 g/mol. The molecule has 7 heteroatoms. The third-order valence-corrected chi connectivity index (χ3v) is 4.98. The molecule has 1 aromatic rings. The van der Waals surface area contributed by atoms with Gasteiger partial charge in [-0.2, -0.15) is 0 Å². The molecule has 144 valence electrons. The molecule has 1 spiro atoms. The number of carbonyl (C=O) groups excluding carboxylic acids is 1. The number of amides is 1. The van der Waals surface area contributed by atoms with Crippen LogP contribution in [0, 0.1) is 6.92 Å². The summed E-state index contributed by atoms with van der Waals surface area (Å²) in [5.74, 6) is 0.986. The van der Waals surface area contributed by atoms with Crippen molar-refractivity contribution in [2.75, 3.05) is 44.3 Å². The Morgan fingerprint density at radius 1 is 1.15 bits per heavy atom. The standard InChI is InChI=1S/C19H30N4O3/c1-4-8-22(9-5-2)17-14-16(20-15(3)21-17)18(24)23-10-6-19(7-11-23)25-12-13-26-19/h14H,4-13H2,1-3H3. The molecule has 2 aliphatic rings. The van der Waals surface area contributed by atoms with Gasteiger partial charge < -0.3 is 19.3 Å². The van der Waals surface area contributed by atoms with E-state index < -0.39 is 5.79 Å². The van der Waals surface area contributed by atoms with Crippen LogP contribution in [0.3, 0.4) is 0 Å². The van der Waals surface area contributed by atoms with Crippen LogP contribution in [0.5, 0.6) is 0 Å². The minimum absolute atomic E-state index is 0.0301. The van der Waals surface area contributed by atoms with Gasteiger partial charge in [-0.1, -0.05) is 13.8 Å². The fourth-order valence-corrected chi connectivity index (χ4v) is 3.70. The van der Waals surface area contributed by atoms with E-state index in [9.17, 15) is 4.79 Å². The Balaban J connectivity index is 1.73. The highest BCUT2D eigenvalue weighted by molar-refractivity contribution is 5.93. The van der Waals surface area contributed by atoms with Gasteiger partial charge in [-0.3, -0.25) is 4.79 Å². The molecular weight excluding hydrogens is 332 g/mol. The molecule has 0 N–H and O–H groups in total. The summed E-state index contributed by atoms with van der Waals surface area (Å²) >= 11 is 0. The Hall–Kier alpha value is -1.73. The number of anilines is 1. The lowest BCUT2D eigenvalue weighted by Crippen LogP contribution is -2.47. The van der Waals surface area contributed by atoms with Gasteiger partial charge in [0.1, 0.15) is 17.3 Å². The van der Waals surface area contributed by atoms with Crippen LogP contribution >= 0.6 is 0 Å². The van der Waals surface area contributed by atoms with Crippen molar-refractivity contribution in [1.29, 1.82) is 0 Å². The molecule has 0 radical (unpaired) electrons. The lowest BCUT2D eigenvalue weighted by atomic mass is 10.0. The molecule has 0 atom stereocenters. The van der Waals surface area contributed by atoms with Gasteiger partial charge in [0.15, 0.2) is 5.79 Å². The number of aromatic nitrogens is 2. The maximum atomic E-state index is 13.0. The van der Waals surface area contributed by atoms with Gasteiger partial charge in [0.25, 0.3) is 5.91 Å². The Kier molecular flexibility index (Phi) is 6.09. The minimum Gasteiger partial charge on any atom is -0.357 e. The largest absolute Gasteiger partial charge is 0.357 e. The van der Waals surface area contributed by atoms with Crippen molar-refractivity contribution in [2.24, 2.45) is 0 Å². The summed E-state index contributed by atoms with van der Waals surface area (Å²) < 4.78 is 11.5. The Labute approximate surface area is 155 Å². The SMILES string of the molecule is CCCN(CCC)c1cc(C(=O)N2CCC3(CC2)OCCO3)nc(C)n1. The zero-order chi connectivity index (χ0) is 18.6. The molecule has 3 heterocycles. The molecule has 0 saturated carbocycles. The number of likely N-dealkylation sites (tertiary alicyclic amines) is 1. The molecule has 0 aromatic carbocycles. The normalized spacial score (nSPS) is 19.1. The van der Waals surface area contributed by atoms with E-state index in [0.717, 1.165) is 31.7 Å². The second kappa shape index (κ2) is 8.31. The van der Waals surface area contributed by atoms with Crippen LogP contribution in [-0.4, -0.2) is 66.0 Å². The molecule has 3 rings (SSSR count). The summed E-state index contributed by atoms with van der Waals surface area (Å²) in [6, 6.07) is 1.84. The lowest BCUT2D eigenvalue weighted by Gasteiger charge is -2.37. The third-order valence-electron chi connectivity index (χ3n) is 4.98. The van der Waals surface area contributed by atoms with E-state index in [4.69, 9.17) is 9.47 Å². The number of piperidine rings is 1. The summed E-state index contributed by atoms with van der Waals surface area (Å²) in [4.78, 5) is 26.0. The fraction of sp³-hybridized carbons (Fsp3) is 0.737. The highest BCUT2D eigenvalue weighted by atomic mass is 16.7. The van der Waals surface area contributed by atoms with E-state index >= 15 is 0 Å². The number of ether oxygens (including phenoxy) is 2. The zero-order valence-electron chi connectivity index (χ0n) is 16.2. The van der Waals surface area contributed by atoms with Crippen LogP contribution in [0.2, 0.25) is 0 Å². The zero-order valence-corrected chi connectivity index (χ0v) is 16.2. The number of hydrogen-bond acceptors (Lipinski definition) is 6. The number of hydrogen-bond donors (Lipinski definition) is 0. The van der Waals surface area contributed by atoms with E-state index in [-0.39, 0.29) is 5.91 Å². The molecule has 1 amide bonds. The second-order valence-electron chi connectivity index (χ2n) is 7.05. The maximum Gasteiger partial charge on any atom is 0.272 e. The molecule has 7 nitrogen and oxygen atoms in total. The molecule has 1 aromatic heterocycles. The van der Waals surface area contributed by atoms with Crippen LogP contribution in [0.1, 0.15) is 55.8 Å². The Bertz CT molecular complexity index is 615. The number of aryl methyl sites for hydroxylation is 1. The van der Waals surface area contributed by atoms with Gasteiger partial charge in [-0.15, -0.1) is 0 Å².